The highest BCUT2D eigenvalue weighted by Crippen LogP contribution is 2.32. The minimum Gasteiger partial charge on any atom is -0.396 e. The molecule has 2 aromatic rings. The molecule has 0 saturated heterocycles. The number of aromatic nitrogens is 2. The van der Waals surface area contributed by atoms with Gasteiger partial charge in [0.05, 0.1) is 4.88 Å². The van der Waals surface area contributed by atoms with E-state index in [4.69, 9.17) is 5.11 Å². The molecule has 0 aromatic carbocycles. The van der Waals surface area contributed by atoms with Crippen LogP contribution in [0.25, 0.3) is 10.6 Å². The van der Waals surface area contributed by atoms with Crippen molar-refractivity contribution in [3.05, 3.63) is 29.3 Å². The first-order valence-electron chi connectivity index (χ1n) is 7.69. The first-order valence-corrected chi connectivity index (χ1v) is 8.57. The van der Waals surface area contributed by atoms with Gasteiger partial charge in [0.2, 0.25) is 0 Å². The topological polar surface area (TPSA) is 41.3 Å². The molecule has 3 rings (SSSR count). The molecule has 114 valence electrons. The summed E-state index contributed by atoms with van der Waals surface area (Å²) < 4.78 is 1.92. The molecule has 0 atom stereocenters. The zero-order valence-corrected chi connectivity index (χ0v) is 13.4. The predicted octanol–water partition coefficient (Wildman–Crippen LogP) is 2.89. The summed E-state index contributed by atoms with van der Waals surface area (Å²) in [6.07, 6.45) is 6.74. The van der Waals surface area contributed by atoms with Crippen LogP contribution in [-0.2, 0) is 13.6 Å². The molecular weight excluding hydrogens is 282 g/mol. The van der Waals surface area contributed by atoms with Crippen LogP contribution >= 0.6 is 11.3 Å². The highest BCUT2D eigenvalue weighted by atomic mass is 32.1. The van der Waals surface area contributed by atoms with Crippen LogP contribution in [0.2, 0.25) is 0 Å². The molecule has 1 N–H and O–H groups in total. The Morgan fingerprint density at radius 1 is 1.43 bits per heavy atom. The monoisotopic (exact) mass is 305 g/mol. The Bertz CT molecular complexity index is 560. The van der Waals surface area contributed by atoms with Gasteiger partial charge in [0.1, 0.15) is 5.69 Å². The van der Waals surface area contributed by atoms with E-state index in [1.54, 1.807) is 11.3 Å². The van der Waals surface area contributed by atoms with Crippen molar-refractivity contribution in [3.63, 3.8) is 0 Å². The van der Waals surface area contributed by atoms with Gasteiger partial charge in [0, 0.05) is 38.0 Å². The van der Waals surface area contributed by atoms with Crippen LogP contribution in [0.4, 0.5) is 0 Å². The average molecular weight is 305 g/mol. The Hall–Kier alpha value is -1.17. The van der Waals surface area contributed by atoms with E-state index < -0.39 is 0 Å². The highest BCUT2D eigenvalue weighted by Gasteiger charge is 2.29. The van der Waals surface area contributed by atoms with E-state index >= 15 is 0 Å². The quantitative estimate of drug-likeness (QED) is 0.763. The van der Waals surface area contributed by atoms with E-state index in [1.807, 2.05) is 11.7 Å². The maximum absolute atomic E-state index is 8.97. The van der Waals surface area contributed by atoms with Crippen molar-refractivity contribution >= 4 is 11.3 Å². The van der Waals surface area contributed by atoms with E-state index in [0.29, 0.717) is 6.61 Å². The molecule has 1 aliphatic carbocycles. The molecule has 0 spiro atoms. The molecule has 1 aliphatic rings. The zero-order chi connectivity index (χ0) is 14.7. The molecule has 2 aromatic heterocycles. The Morgan fingerprint density at radius 3 is 2.95 bits per heavy atom. The van der Waals surface area contributed by atoms with E-state index in [0.717, 1.165) is 37.7 Å². The van der Waals surface area contributed by atoms with Crippen LogP contribution < -0.4 is 0 Å². The molecule has 5 heteroatoms. The predicted molar refractivity (Wildman–Crippen MR) is 86.3 cm³/mol. The molecule has 1 saturated carbocycles. The SMILES string of the molecule is Cn1cc(CN(CCCCO)C2CC2)c(-c2cccs2)n1. The molecule has 0 bridgehead atoms. The summed E-state index contributed by atoms with van der Waals surface area (Å²) in [5, 5.41) is 15.7. The average Bonchev–Trinajstić information content (AvgIpc) is 3.04. The fraction of sp³-hybridized carbons (Fsp3) is 0.562. The van der Waals surface area contributed by atoms with Crippen molar-refractivity contribution in [2.45, 2.75) is 38.3 Å². The van der Waals surface area contributed by atoms with Crippen LogP contribution in [0.5, 0.6) is 0 Å². The van der Waals surface area contributed by atoms with Crippen LogP contribution in [-0.4, -0.2) is 39.0 Å². The first kappa shape index (κ1) is 14.8. The number of hydrogen-bond acceptors (Lipinski definition) is 4. The molecule has 1 fully saturated rings. The second-order valence-corrected chi connectivity index (χ2v) is 6.73. The van der Waals surface area contributed by atoms with Gasteiger partial charge in [-0.25, -0.2) is 0 Å². The first-order chi connectivity index (χ1) is 10.3. The van der Waals surface area contributed by atoms with Crippen molar-refractivity contribution in [3.8, 4) is 10.6 Å². The van der Waals surface area contributed by atoms with Crippen molar-refractivity contribution in [2.24, 2.45) is 7.05 Å². The molecule has 2 heterocycles. The lowest BCUT2D eigenvalue weighted by Crippen LogP contribution is -2.27. The second-order valence-electron chi connectivity index (χ2n) is 5.79. The number of rotatable bonds is 8. The van der Waals surface area contributed by atoms with E-state index in [2.05, 4.69) is 33.7 Å². The number of aliphatic hydroxyl groups excluding tert-OH is 1. The number of hydrogen-bond donors (Lipinski definition) is 1. The van der Waals surface area contributed by atoms with Gasteiger partial charge in [-0.3, -0.25) is 9.58 Å². The number of unbranched alkanes of at least 4 members (excludes halogenated alkanes) is 1. The maximum Gasteiger partial charge on any atom is 0.107 e. The van der Waals surface area contributed by atoms with Crippen molar-refractivity contribution in [1.82, 2.24) is 14.7 Å². The Labute approximate surface area is 130 Å². The minimum absolute atomic E-state index is 0.297. The molecule has 0 aliphatic heterocycles. The maximum atomic E-state index is 8.97. The lowest BCUT2D eigenvalue weighted by Gasteiger charge is -2.21. The van der Waals surface area contributed by atoms with Crippen molar-refractivity contribution in [2.75, 3.05) is 13.2 Å². The summed E-state index contributed by atoms with van der Waals surface area (Å²) in [5.74, 6) is 0. The van der Waals surface area contributed by atoms with E-state index in [-0.39, 0.29) is 0 Å². The zero-order valence-electron chi connectivity index (χ0n) is 12.5. The third-order valence-electron chi connectivity index (χ3n) is 3.95. The third-order valence-corrected chi connectivity index (χ3v) is 4.83. The van der Waals surface area contributed by atoms with Gasteiger partial charge in [0.25, 0.3) is 0 Å². The van der Waals surface area contributed by atoms with E-state index in [9.17, 15) is 0 Å². The van der Waals surface area contributed by atoms with Gasteiger partial charge in [-0.2, -0.15) is 5.10 Å². The molecule has 0 radical (unpaired) electrons. The van der Waals surface area contributed by atoms with Gasteiger partial charge in [-0.05, 0) is 43.7 Å². The second kappa shape index (κ2) is 6.73. The normalized spacial score (nSPS) is 15.0. The van der Waals surface area contributed by atoms with Gasteiger partial charge < -0.3 is 5.11 Å². The summed E-state index contributed by atoms with van der Waals surface area (Å²) in [5.41, 5.74) is 2.44. The standard InChI is InChI=1S/C16H23N3OS/c1-18-11-13(16(17-18)15-5-4-10-21-15)12-19(14-6-7-14)8-2-3-9-20/h4-5,10-11,14,20H,2-3,6-9,12H2,1H3. The molecule has 0 amide bonds. The van der Waals surface area contributed by atoms with Crippen LogP contribution in [0, 0.1) is 0 Å². The van der Waals surface area contributed by atoms with Gasteiger partial charge in [-0.15, -0.1) is 11.3 Å². The lowest BCUT2D eigenvalue weighted by atomic mass is 10.2. The third kappa shape index (κ3) is 3.73. The lowest BCUT2D eigenvalue weighted by molar-refractivity contribution is 0.229. The van der Waals surface area contributed by atoms with Crippen LogP contribution in [0.1, 0.15) is 31.2 Å². The number of aryl methyl sites for hydroxylation is 1. The Morgan fingerprint density at radius 2 is 2.29 bits per heavy atom. The van der Waals surface area contributed by atoms with Gasteiger partial charge >= 0.3 is 0 Å². The molecule has 0 unspecified atom stereocenters. The van der Waals surface area contributed by atoms with Crippen molar-refractivity contribution < 1.29 is 5.11 Å². The Kier molecular flexibility index (Phi) is 4.73. The largest absolute Gasteiger partial charge is 0.396 e. The van der Waals surface area contributed by atoms with Crippen molar-refractivity contribution in [1.29, 1.82) is 0 Å². The van der Waals surface area contributed by atoms with E-state index in [1.165, 1.54) is 23.3 Å². The molecule has 4 nitrogen and oxygen atoms in total. The molecular formula is C16H23N3OS. The summed E-state index contributed by atoms with van der Waals surface area (Å²) in [6.45, 7) is 2.34. The van der Waals surface area contributed by atoms with Crippen LogP contribution in [0.3, 0.4) is 0 Å². The highest BCUT2D eigenvalue weighted by molar-refractivity contribution is 7.13. The smallest absolute Gasteiger partial charge is 0.107 e. The summed E-state index contributed by atoms with van der Waals surface area (Å²) in [4.78, 5) is 3.81. The number of nitrogens with zero attached hydrogens (tertiary/aromatic N) is 3. The summed E-state index contributed by atoms with van der Waals surface area (Å²) >= 11 is 1.75. The fourth-order valence-corrected chi connectivity index (χ4v) is 3.49. The van der Waals surface area contributed by atoms with Gasteiger partial charge in [-0.1, -0.05) is 6.07 Å². The molecule has 21 heavy (non-hydrogen) atoms. The Balaban J connectivity index is 1.73. The number of aliphatic hydroxyl groups is 1. The fourth-order valence-electron chi connectivity index (χ4n) is 2.75. The summed E-state index contributed by atoms with van der Waals surface area (Å²) in [6, 6.07) is 4.96. The number of thiophene rings is 1. The van der Waals surface area contributed by atoms with Gasteiger partial charge in [0.15, 0.2) is 0 Å². The van der Waals surface area contributed by atoms with Crippen LogP contribution in [0.15, 0.2) is 23.7 Å². The summed E-state index contributed by atoms with van der Waals surface area (Å²) in [7, 11) is 1.99. The minimum atomic E-state index is 0.297.